The average molecular weight is 393 g/mol. The summed E-state index contributed by atoms with van der Waals surface area (Å²) in [6, 6.07) is 8.41. The fourth-order valence-electron chi connectivity index (χ4n) is 2.87. The molecular formula is C18H23N3O5S. The Morgan fingerprint density at radius 1 is 1.15 bits per heavy atom. The van der Waals surface area contributed by atoms with Crippen molar-refractivity contribution in [2.24, 2.45) is 0 Å². The van der Waals surface area contributed by atoms with Crippen molar-refractivity contribution >= 4 is 10.0 Å². The van der Waals surface area contributed by atoms with Gasteiger partial charge in [-0.1, -0.05) is 0 Å². The second kappa shape index (κ2) is 8.53. The van der Waals surface area contributed by atoms with Crippen molar-refractivity contribution in [1.29, 1.82) is 0 Å². The summed E-state index contributed by atoms with van der Waals surface area (Å²) in [7, 11) is -2.03. The third-order valence-corrected chi connectivity index (χ3v) is 6.16. The number of sulfonamides is 1. The number of methoxy groups -OCH3 is 1. The largest absolute Gasteiger partial charge is 0.494 e. The van der Waals surface area contributed by atoms with E-state index >= 15 is 0 Å². The Kier molecular flexibility index (Phi) is 6.12. The van der Waals surface area contributed by atoms with Crippen molar-refractivity contribution in [3.63, 3.8) is 0 Å². The van der Waals surface area contributed by atoms with Crippen LogP contribution in [0, 0.1) is 0 Å². The normalized spacial score (nSPS) is 16.1. The second-order valence-electron chi connectivity index (χ2n) is 6.01. The number of nitrogens with zero attached hydrogens (tertiary/aromatic N) is 3. The quantitative estimate of drug-likeness (QED) is 0.711. The van der Waals surface area contributed by atoms with E-state index < -0.39 is 10.0 Å². The third kappa shape index (κ3) is 4.67. The molecule has 1 saturated heterocycles. The van der Waals surface area contributed by atoms with E-state index in [4.69, 9.17) is 14.2 Å². The van der Waals surface area contributed by atoms with Crippen LogP contribution in [0.4, 0.5) is 0 Å². The van der Waals surface area contributed by atoms with E-state index in [2.05, 4.69) is 9.97 Å². The van der Waals surface area contributed by atoms with Crippen molar-refractivity contribution in [2.45, 2.75) is 30.8 Å². The van der Waals surface area contributed by atoms with Crippen LogP contribution in [0.2, 0.25) is 0 Å². The van der Waals surface area contributed by atoms with Crippen molar-refractivity contribution in [3.05, 3.63) is 36.5 Å². The zero-order valence-electron chi connectivity index (χ0n) is 15.4. The van der Waals surface area contributed by atoms with Gasteiger partial charge < -0.3 is 14.2 Å². The molecule has 1 aliphatic heterocycles. The van der Waals surface area contributed by atoms with E-state index in [1.165, 1.54) is 11.4 Å². The zero-order chi connectivity index (χ0) is 19.3. The Labute approximate surface area is 159 Å². The molecule has 1 fully saturated rings. The van der Waals surface area contributed by atoms with Gasteiger partial charge in [-0.3, -0.25) is 0 Å². The maximum absolute atomic E-state index is 12.8. The number of aromatic nitrogens is 2. The van der Waals surface area contributed by atoms with E-state index in [0.29, 0.717) is 44.2 Å². The lowest BCUT2D eigenvalue weighted by Crippen LogP contribution is -2.41. The van der Waals surface area contributed by atoms with Crippen LogP contribution in [0.3, 0.4) is 0 Å². The molecule has 8 nitrogen and oxygen atoms in total. The first-order valence-electron chi connectivity index (χ1n) is 8.79. The molecule has 9 heteroatoms. The Balaban J connectivity index is 1.60. The summed E-state index contributed by atoms with van der Waals surface area (Å²) in [5, 5.41) is 0. The van der Waals surface area contributed by atoms with E-state index in [1.807, 2.05) is 6.92 Å². The lowest BCUT2D eigenvalue weighted by atomic mass is 10.1. The van der Waals surface area contributed by atoms with Crippen LogP contribution in [0.15, 0.2) is 41.4 Å². The molecule has 1 aromatic carbocycles. The molecule has 1 aliphatic rings. The van der Waals surface area contributed by atoms with Crippen LogP contribution < -0.4 is 14.2 Å². The van der Waals surface area contributed by atoms with Crippen molar-refractivity contribution in [3.8, 4) is 17.6 Å². The van der Waals surface area contributed by atoms with Crippen molar-refractivity contribution < 1.29 is 22.6 Å². The highest BCUT2D eigenvalue weighted by molar-refractivity contribution is 7.89. The van der Waals surface area contributed by atoms with Gasteiger partial charge in [0.05, 0.1) is 18.6 Å². The summed E-state index contributed by atoms with van der Waals surface area (Å²) < 4.78 is 43.3. The molecule has 0 aliphatic carbocycles. The zero-order valence-corrected chi connectivity index (χ0v) is 16.2. The van der Waals surface area contributed by atoms with Crippen LogP contribution in [0.25, 0.3) is 0 Å². The number of ether oxygens (including phenoxy) is 3. The fourth-order valence-corrected chi connectivity index (χ4v) is 4.34. The smallest absolute Gasteiger partial charge is 0.319 e. The first kappa shape index (κ1) is 19.4. The minimum atomic E-state index is -3.52. The first-order chi connectivity index (χ1) is 13.0. The lowest BCUT2D eigenvalue weighted by Gasteiger charge is -2.31. The summed E-state index contributed by atoms with van der Waals surface area (Å²) >= 11 is 0. The number of rotatable bonds is 7. The highest BCUT2D eigenvalue weighted by Crippen LogP contribution is 2.24. The minimum Gasteiger partial charge on any atom is -0.494 e. The molecular weight excluding hydrogens is 370 g/mol. The number of hydrogen-bond acceptors (Lipinski definition) is 7. The first-order valence-corrected chi connectivity index (χ1v) is 10.2. The van der Waals surface area contributed by atoms with Gasteiger partial charge in [-0.05, 0) is 44.0 Å². The molecule has 0 spiro atoms. The van der Waals surface area contributed by atoms with Crippen LogP contribution in [-0.4, -0.2) is 55.6 Å². The van der Waals surface area contributed by atoms with E-state index in [0.717, 1.165) is 0 Å². The summed E-state index contributed by atoms with van der Waals surface area (Å²) in [6.45, 7) is 3.21. The molecule has 1 aromatic heterocycles. The standard InChI is InChI=1S/C18H23N3O5S/c1-3-25-14-4-6-16(7-5-14)27(22,23)21-12-9-15(10-13-21)26-17-8-11-19-18(20-17)24-2/h4-8,11,15H,3,9-10,12-13H2,1-2H3. The number of piperidine rings is 1. The highest BCUT2D eigenvalue weighted by atomic mass is 32.2. The van der Waals surface area contributed by atoms with Gasteiger partial charge in [-0.2, -0.15) is 9.29 Å². The molecule has 27 heavy (non-hydrogen) atoms. The van der Waals surface area contributed by atoms with Crippen molar-refractivity contribution in [2.75, 3.05) is 26.8 Å². The van der Waals surface area contributed by atoms with Gasteiger partial charge in [-0.15, -0.1) is 0 Å². The molecule has 146 valence electrons. The van der Waals surface area contributed by atoms with Gasteiger partial charge in [0.15, 0.2) is 0 Å². The molecule has 0 amide bonds. The Morgan fingerprint density at radius 3 is 2.48 bits per heavy atom. The average Bonchev–Trinajstić information content (AvgIpc) is 2.69. The van der Waals surface area contributed by atoms with Gasteiger partial charge in [0.2, 0.25) is 15.9 Å². The van der Waals surface area contributed by atoms with Crippen LogP contribution in [0.5, 0.6) is 17.6 Å². The highest BCUT2D eigenvalue weighted by Gasteiger charge is 2.30. The van der Waals surface area contributed by atoms with E-state index in [1.54, 1.807) is 36.5 Å². The monoisotopic (exact) mass is 393 g/mol. The molecule has 0 radical (unpaired) electrons. The van der Waals surface area contributed by atoms with Crippen LogP contribution in [-0.2, 0) is 10.0 Å². The van der Waals surface area contributed by atoms with Gasteiger partial charge >= 0.3 is 6.01 Å². The minimum absolute atomic E-state index is 0.101. The van der Waals surface area contributed by atoms with E-state index in [9.17, 15) is 8.42 Å². The Bertz CT molecular complexity index is 850. The molecule has 0 atom stereocenters. The summed E-state index contributed by atoms with van der Waals surface area (Å²) in [5.41, 5.74) is 0. The molecule has 0 N–H and O–H groups in total. The molecule has 2 heterocycles. The van der Waals surface area contributed by atoms with Crippen LogP contribution in [0.1, 0.15) is 19.8 Å². The number of benzene rings is 1. The maximum Gasteiger partial charge on any atom is 0.319 e. The molecule has 2 aromatic rings. The van der Waals surface area contributed by atoms with Gasteiger partial charge in [0, 0.05) is 25.4 Å². The summed E-state index contributed by atoms with van der Waals surface area (Å²) in [5.74, 6) is 1.08. The van der Waals surface area contributed by atoms with Gasteiger partial charge in [0.25, 0.3) is 0 Å². The predicted molar refractivity (Wildman–Crippen MR) is 98.6 cm³/mol. The Morgan fingerprint density at radius 2 is 1.85 bits per heavy atom. The Hall–Kier alpha value is -2.39. The molecule has 0 unspecified atom stereocenters. The van der Waals surface area contributed by atoms with Crippen molar-refractivity contribution in [1.82, 2.24) is 14.3 Å². The molecule has 3 rings (SSSR count). The topological polar surface area (TPSA) is 90.9 Å². The van der Waals surface area contributed by atoms with Gasteiger partial charge in [0.1, 0.15) is 11.9 Å². The SMILES string of the molecule is CCOc1ccc(S(=O)(=O)N2CCC(Oc3ccnc(OC)n3)CC2)cc1. The maximum atomic E-state index is 12.8. The summed E-state index contributed by atoms with van der Waals surface area (Å²) in [4.78, 5) is 8.33. The summed E-state index contributed by atoms with van der Waals surface area (Å²) in [6.07, 6.45) is 2.63. The fraction of sp³-hybridized carbons (Fsp3) is 0.444. The second-order valence-corrected chi connectivity index (χ2v) is 7.95. The van der Waals surface area contributed by atoms with Crippen LogP contribution >= 0.6 is 0 Å². The predicted octanol–water partition coefficient (Wildman–Crippen LogP) is 2.12. The van der Waals surface area contributed by atoms with E-state index in [-0.39, 0.29) is 17.0 Å². The third-order valence-electron chi connectivity index (χ3n) is 4.25. The number of hydrogen-bond donors (Lipinski definition) is 0. The molecule has 0 saturated carbocycles. The van der Waals surface area contributed by atoms with Gasteiger partial charge in [-0.25, -0.2) is 13.4 Å². The molecule has 0 bridgehead atoms. The lowest BCUT2D eigenvalue weighted by molar-refractivity contribution is 0.128.